The Morgan fingerprint density at radius 2 is 2.12 bits per heavy atom. The van der Waals surface area contributed by atoms with Crippen LogP contribution >= 0.6 is 0 Å². The first kappa shape index (κ1) is 15.6. The number of H-pyrrole nitrogens is 1. The average Bonchev–Trinajstić information content (AvgIpc) is 3.40. The molecule has 128 valence electrons. The van der Waals surface area contributed by atoms with E-state index in [2.05, 4.69) is 20.2 Å². The molecule has 0 saturated carbocycles. The fourth-order valence-corrected chi connectivity index (χ4v) is 3.52. The molecule has 3 aromatic heterocycles. The number of hydrogen-bond acceptors (Lipinski definition) is 4. The van der Waals surface area contributed by atoms with Gasteiger partial charge in [-0.1, -0.05) is 0 Å². The smallest absolute Gasteiger partial charge is 0.272 e. The summed E-state index contributed by atoms with van der Waals surface area (Å²) in [6.45, 7) is 3.48. The van der Waals surface area contributed by atoms with Crippen molar-refractivity contribution in [2.75, 3.05) is 6.54 Å². The summed E-state index contributed by atoms with van der Waals surface area (Å²) >= 11 is 0. The van der Waals surface area contributed by atoms with Gasteiger partial charge in [-0.25, -0.2) is 4.98 Å². The third-order valence-electron chi connectivity index (χ3n) is 4.78. The number of rotatable bonds is 4. The number of aryl methyl sites for hydroxylation is 1. The second kappa shape index (κ2) is 6.51. The molecule has 25 heavy (non-hydrogen) atoms. The van der Waals surface area contributed by atoms with Crippen molar-refractivity contribution in [1.29, 1.82) is 0 Å². The largest absolute Gasteiger partial charge is 0.329 e. The number of nitrogens with one attached hydrogen (secondary N) is 1. The van der Waals surface area contributed by atoms with Gasteiger partial charge in [0, 0.05) is 31.0 Å². The molecule has 1 atom stereocenters. The summed E-state index contributed by atoms with van der Waals surface area (Å²) in [5, 5.41) is 7.35. The second-order valence-electron chi connectivity index (χ2n) is 6.15. The van der Waals surface area contributed by atoms with Gasteiger partial charge in [0.25, 0.3) is 5.91 Å². The molecule has 0 spiro atoms. The van der Waals surface area contributed by atoms with E-state index in [9.17, 15) is 4.79 Å². The van der Waals surface area contributed by atoms with E-state index in [1.54, 1.807) is 24.9 Å². The van der Waals surface area contributed by atoms with Crippen LogP contribution in [-0.4, -0.2) is 42.1 Å². The molecule has 1 N–H and O–H groups in total. The maximum atomic E-state index is 13.1. The molecule has 0 aliphatic carbocycles. The molecule has 1 aliphatic heterocycles. The van der Waals surface area contributed by atoms with Crippen LogP contribution in [0.1, 0.15) is 42.0 Å². The number of nitrogens with zero attached hydrogens (tertiary/aromatic N) is 5. The van der Waals surface area contributed by atoms with E-state index in [4.69, 9.17) is 0 Å². The number of aromatic amines is 1. The third kappa shape index (κ3) is 2.71. The first-order chi connectivity index (χ1) is 12.3. The predicted molar refractivity (Wildman–Crippen MR) is 92.7 cm³/mol. The van der Waals surface area contributed by atoms with Crippen molar-refractivity contribution in [3.8, 4) is 11.1 Å². The monoisotopic (exact) mass is 336 g/mol. The van der Waals surface area contributed by atoms with Crippen LogP contribution in [0.5, 0.6) is 0 Å². The van der Waals surface area contributed by atoms with Gasteiger partial charge in [0.05, 0.1) is 30.5 Å². The van der Waals surface area contributed by atoms with Gasteiger partial charge in [-0.2, -0.15) is 5.10 Å². The Morgan fingerprint density at radius 1 is 1.28 bits per heavy atom. The van der Waals surface area contributed by atoms with Gasteiger partial charge in [-0.15, -0.1) is 0 Å². The first-order valence-corrected chi connectivity index (χ1v) is 8.54. The Balaban J connectivity index is 1.67. The maximum absolute atomic E-state index is 13.1. The molecule has 0 aromatic carbocycles. The van der Waals surface area contributed by atoms with Crippen molar-refractivity contribution in [3.63, 3.8) is 0 Å². The van der Waals surface area contributed by atoms with Crippen LogP contribution in [0.3, 0.4) is 0 Å². The number of carbonyl (C=O) groups excluding carboxylic acids is 1. The number of hydrogen-bond donors (Lipinski definition) is 1. The lowest BCUT2D eigenvalue weighted by molar-refractivity contribution is 0.0722. The quantitative estimate of drug-likeness (QED) is 0.794. The zero-order valence-corrected chi connectivity index (χ0v) is 14.1. The number of aromatic nitrogens is 5. The summed E-state index contributed by atoms with van der Waals surface area (Å²) in [4.78, 5) is 23.2. The molecule has 4 heterocycles. The molecule has 3 aromatic rings. The van der Waals surface area contributed by atoms with Crippen molar-refractivity contribution in [2.24, 2.45) is 0 Å². The van der Waals surface area contributed by atoms with Gasteiger partial charge in [0.1, 0.15) is 5.69 Å². The van der Waals surface area contributed by atoms with Gasteiger partial charge >= 0.3 is 0 Å². The Kier molecular flexibility index (Phi) is 4.05. The normalized spacial score (nSPS) is 17.2. The molecule has 0 radical (unpaired) electrons. The highest BCUT2D eigenvalue weighted by Gasteiger charge is 2.34. The summed E-state index contributed by atoms with van der Waals surface area (Å²) in [5.74, 6) is 0.0251. The number of pyridine rings is 1. The molecule has 7 nitrogen and oxygen atoms in total. The number of likely N-dealkylation sites (tertiary alicyclic amines) is 1. The highest BCUT2D eigenvalue weighted by Crippen LogP contribution is 2.37. The SMILES string of the molecule is CCn1cncc1C(=O)N1CCCC1c1[nH]ncc1-c1ccncc1. The summed E-state index contributed by atoms with van der Waals surface area (Å²) in [6.07, 6.45) is 10.6. The van der Waals surface area contributed by atoms with Gasteiger partial charge in [-0.3, -0.25) is 14.9 Å². The standard InChI is InChI=1S/C18H20N6O/c1-2-23-12-20-11-16(23)18(25)24-9-3-4-15(24)17-14(10-21-22-17)13-5-7-19-8-6-13/h5-8,10-12,15H,2-4,9H2,1H3,(H,21,22). The van der Waals surface area contributed by atoms with E-state index in [1.165, 1.54) is 0 Å². The summed E-state index contributed by atoms with van der Waals surface area (Å²) < 4.78 is 1.88. The van der Waals surface area contributed by atoms with Gasteiger partial charge in [-0.05, 0) is 37.5 Å². The van der Waals surface area contributed by atoms with E-state index in [0.717, 1.165) is 42.8 Å². The number of imidazole rings is 1. The zero-order valence-electron chi connectivity index (χ0n) is 14.1. The Morgan fingerprint density at radius 3 is 2.92 bits per heavy atom. The van der Waals surface area contributed by atoms with Crippen molar-refractivity contribution in [2.45, 2.75) is 32.4 Å². The Bertz CT molecular complexity index is 869. The van der Waals surface area contributed by atoms with E-state index < -0.39 is 0 Å². The lowest BCUT2D eigenvalue weighted by Gasteiger charge is -2.25. The highest BCUT2D eigenvalue weighted by atomic mass is 16.2. The summed E-state index contributed by atoms with van der Waals surface area (Å²) in [7, 11) is 0. The van der Waals surface area contributed by atoms with E-state index in [0.29, 0.717) is 5.69 Å². The van der Waals surface area contributed by atoms with Crippen LogP contribution in [0, 0.1) is 0 Å². The first-order valence-electron chi connectivity index (χ1n) is 8.54. The molecular weight excluding hydrogens is 316 g/mol. The topological polar surface area (TPSA) is 79.7 Å². The lowest BCUT2D eigenvalue weighted by atomic mass is 10.0. The van der Waals surface area contributed by atoms with Gasteiger partial charge in [0.2, 0.25) is 0 Å². The van der Waals surface area contributed by atoms with Crippen molar-refractivity contribution in [1.82, 2.24) is 29.6 Å². The molecule has 1 saturated heterocycles. The average molecular weight is 336 g/mol. The molecule has 1 fully saturated rings. The zero-order chi connectivity index (χ0) is 17.2. The minimum Gasteiger partial charge on any atom is -0.329 e. The van der Waals surface area contributed by atoms with Crippen LogP contribution in [0.4, 0.5) is 0 Å². The highest BCUT2D eigenvalue weighted by molar-refractivity contribution is 5.93. The molecular formula is C18H20N6O. The Labute approximate surface area is 145 Å². The van der Waals surface area contributed by atoms with Crippen molar-refractivity contribution < 1.29 is 4.79 Å². The van der Waals surface area contributed by atoms with Crippen LogP contribution in [0.2, 0.25) is 0 Å². The fraction of sp³-hybridized carbons (Fsp3) is 0.333. The summed E-state index contributed by atoms with van der Waals surface area (Å²) in [5.41, 5.74) is 3.70. The van der Waals surface area contributed by atoms with E-state index >= 15 is 0 Å². The lowest BCUT2D eigenvalue weighted by Crippen LogP contribution is -2.32. The van der Waals surface area contributed by atoms with E-state index in [-0.39, 0.29) is 11.9 Å². The molecule has 1 unspecified atom stereocenters. The second-order valence-corrected chi connectivity index (χ2v) is 6.15. The molecule has 1 amide bonds. The minimum absolute atomic E-state index is 0.00151. The fourth-order valence-electron chi connectivity index (χ4n) is 3.52. The molecule has 1 aliphatic rings. The maximum Gasteiger partial charge on any atom is 0.272 e. The minimum atomic E-state index is -0.00151. The molecule has 7 heteroatoms. The molecule has 4 rings (SSSR count). The summed E-state index contributed by atoms with van der Waals surface area (Å²) in [6, 6.07) is 3.92. The van der Waals surface area contributed by atoms with Crippen LogP contribution < -0.4 is 0 Å². The van der Waals surface area contributed by atoms with Crippen LogP contribution in [-0.2, 0) is 6.54 Å². The number of carbonyl (C=O) groups is 1. The number of amides is 1. The molecule has 0 bridgehead atoms. The van der Waals surface area contributed by atoms with Gasteiger partial charge in [0.15, 0.2) is 0 Å². The predicted octanol–water partition coefficient (Wildman–Crippen LogP) is 2.67. The van der Waals surface area contributed by atoms with Crippen molar-refractivity contribution in [3.05, 3.63) is 54.6 Å². The Hall–Kier alpha value is -2.96. The van der Waals surface area contributed by atoms with Crippen LogP contribution in [0.15, 0.2) is 43.2 Å². The van der Waals surface area contributed by atoms with Gasteiger partial charge < -0.3 is 9.47 Å². The van der Waals surface area contributed by atoms with Crippen LogP contribution in [0.25, 0.3) is 11.1 Å². The van der Waals surface area contributed by atoms with Crippen molar-refractivity contribution >= 4 is 5.91 Å². The van der Waals surface area contributed by atoms with E-state index in [1.807, 2.05) is 34.7 Å². The third-order valence-corrected chi connectivity index (χ3v) is 4.78.